The first-order valence-electron chi connectivity index (χ1n) is 5.96. The molecule has 0 fully saturated rings. The lowest BCUT2D eigenvalue weighted by molar-refractivity contribution is 0.102. The van der Waals surface area contributed by atoms with Crippen LogP contribution in [0.4, 0.5) is 5.82 Å². The van der Waals surface area contributed by atoms with Crippen LogP contribution in [0, 0.1) is 12.8 Å². The first-order valence-corrected chi connectivity index (χ1v) is 6.77. The number of nitrogens with zero attached hydrogens (tertiary/aromatic N) is 2. The average molecular weight is 263 g/mol. The van der Waals surface area contributed by atoms with Crippen molar-refractivity contribution in [3.8, 4) is 0 Å². The van der Waals surface area contributed by atoms with E-state index in [9.17, 15) is 4.79 Å². The van der Waals surface area contributed by atoms with Crippen LogP contribution in [0.2, 0.25) is 0 Å². The molecule has 0 aliphatic rings. The molecule has 2 aromatic heterocycles. The van der Waals surface area contributed by atoms with Crippen LogP contribution < -0.4 is 5.32 Å². The molecule has 0 aliphatic heterocycles. The molecule has 0 radical (unpaired) electrons. The Bertz CT molecular complexity index is 542. The Kier molecular flexibility index (Phi) is 3.81. The van der Waals surface area contributed by atoms with E-state index < -0.39 is 0 Å². The molecule has 0 spiro atoms. The van der Waals surface area contributed by atoms with E-state index in [0.29, 0.717) is 5.92 Å². The molecule has 0 bridgehead atoms. The van der Waals surface area contributed by atoms with Crippen LogP contribution in [0.1, 0.15) is 28.4 Å². The molecule has 2 aromatic rings. The number of nitrogens with one attached hydrogen (secondary N) is 1. The quantitative estimate of drug-likeness (QED) is 0.921. The molecule has 1 N–H and O–H groups in total. The van der Waals surface area contributed by atoms with Gasteiger partial charge in [-0.15, -0.1) is 11.3 Å². The summed E-state index contributed by atoms with van der Waals surface area (Å²) in [6.07, 6.45) is 1.71. The third kappa shape index (κ3) is 2.98. The summed E-state index contributed by atoms with van der Waals surface area (Å²) in [4.78, 5) is 13.9. The van der Waals surface area contributed by atoms with Gasteiger partial charge in [-0.25, -0.2) is 4.68 Å². The Balaban J connectivity index is 2.10. The zero-order valence-corrected chi connectivity index (χ0v) is 11.6. The van der Waals surface area contributed by atoms with Crippen LogP contribution in [-0.2, 0) is 6.54 Å². The standard InChI is InChI=1S/C13H17N3OS/c1-9(2)8-16-12(6-7-14-16)15-13(17)11-5-4-10(3)18-11/h4-7,9H,8H2,1-3H3,(H,15,17). The predicted molar refractivity (Wildman–Crippen MR) is 74.1 cm³/mol. The Morgan fingerprint density at radius 1 is 1.44 bits per heavy atom. The largest absolute Gasteiger partial charge is 0.306 e. The molecule has 18 heavy (non-hydrogen) atoms. The number of carbonyl (C=O) groups excluding carboxylic acids is 1. The van der Waals surface area contributed by atoms with Crippen molar-refractivity contribution in [2.45, 2.75) is 27.3 Å². The predicted octanol–water partition coefficient (Wildman–Crippen LogP) is 3.16. The van der Waals surface area contributed by atoms with Crippen LogP contribution in [0.15, 0.2) is 24.4 Å². The van der Waals surface area contributed by atoms with Crippen molar-refractivity contribution in [3.05, 3.63) is 34.2 Å². The number of aromatic nitrogens is 2. The number of anilines is 1. The summed E-state index contributed by atoms with van der Waals surface area (Å²) in [5, 5.41) is 7.11. The Morgan fingerprint density at radius 3 is 2.83 bits per heavy atom. The lowest BCUT2D eigenvalue weighted by Gasteiger charge is -2.10. The summed E-state index contributed by atoms with van der Waals surface area (Å²) in [5.74, 6) is 1.17. The molecule has 0 aromatic carbocycles. The van der Waals surface area contributed by atoms with E-state index >= 15 is 0 Å². The van der Waals surface area contributed by atoms with E-state index in [0.717, 1.165) is 22.1 Å². The van der Waals surface area contributed by atoms with Crippen molar-refractivity contribution in [2.24, 2.45) is 5.92 Å². The first kappa shape index (κ1) is 12.8. The Morgan fingerprint density at radius 2 is 2.22 bits per heavy atom. The van der Waals surface area contributed by atoms with Crippen molar-refractivity contribution in [2.75, 3.05) is 5.32 Å². The number of amides is 1. The van der Waals surface area contributed by atoms with Gasteiger partial charge in [-0.05, 0) is 25.0 Å². The van der Waals surface area contributed by atoms with Gasteiger partial charge in [0.2, 0.25) is 0 Å². The number of rotatable bonds is 4. The minimum Gasteiger partial charge on any atom is -0.306 e. The second-order valence-corrected chi connectivity index (χ2v) is 5.94. The van der Waals surface area contributed by atoms with E-state index in [1.54, 1.807) is 6.20 Å². The SMILES string of the molecule is Cc1ccc(C(=O)Nc2ccnn2CC(C)C)s1. The molecule has 5 heteroatoms. The topological polar surface area (TPSA) is 46.9 Å². The molecule has 96 valence electrons. The number of hydrogen-bond acceptors (Lipinski definition) is 3. The maximum absolute atomic E-state index is 12.0. The van der Waals surface area contributed by atoms with Crippen LogP contribution in [0.25, 0.3) is 0 Å². The summed E-state index contributed by atoms with van der Waals surface area (Å²) in [6.45, 7) is 7.03. The minimum atomic E-state index is -0.0707. The maximum Gasteiger partial charge on any atom is 0.266 e. The van der Waals surface area contributed by atoms with E-state index in [1.807, 2.05) is 29.8 Å². The molecule has 2 heterocycles. The van der Waals surface area contributed by atoms with Crippen LogP contribution in [0.5, 0.6) is 0 Å². The third-order valence-electron chi connectivity index (χ3n) is 2.46. The molecular formula is C13H17N3OS. The summed E-state index contributed by atoms with van der Waals surface area (Å²) < 4.78 is 1.82. The molecule has 0 aliphatic carbocycles. The fourth-order valence-corrected chi connectivity index (χ4v) is 2.43. The van der Waals surface area contributed by atoms with Gasteiger partial charge in [0.15, 0.2) is 0 Å². The molecule has 4 nitrogen and oxygen atoms in total. The van der Waals surface area contributed by atoms with Gasteiger partial charge in [0.1, 0.15) is 5.82 Å². The van der Waals surface area contributed by atoms with Crippen LogP contribution >= 0.6 is 11.3 Å². The molecule has 1 amide bonds. The van der Waals surface area contributed by atoms with Crippen molar-refractivity contribution < 1.29 is 4.79 Å². The van der Waals surface area contributed by atoms with Gasteiger partial charge < -0.3 is 5.32 Å². The summed E-state index contributed by atoms with van der Waals surface area (Å²) in [7, 11) is 0. The molecule has 0 unspecified atom stereocenters. The zero-order chi connectivity index (χ0) is 13.1. The number of carbonyl (C=O) groups is 1. The summed E-state index contributed by atoms with van der Waals surface area (Å²) in [6, 6.07) is 5.62. The Hall–Kier alpha value is -1.62. The number of hydrogen-bond donors (Lipinski definition) is 1. The smallest absolute Gasteiger partial charge is 0.266 e. The van der Waals surface area contributed by atoms with E-state index in [4.69, 9.17) is 0 Å². The average Bonchev–Trinajstić information content (AvgIpc) is 2.88. The van der Waals surface area contributed by atoms with E-state index in [-0.39, 0.29) is 5.91 Å². The molecule has 0 saturated heterocycles. The highest BCUT2D eigenvalue weighted by molar-refractivity contribution is 7.14. The molecule has 0 atom stereocenters. The van der Waals surface area contributed by atoms with Gasteiger partial charge in [0, 0.05) is 17.5 Å². The normalized spacial score (nSPS) is 10.9. The fourth-order valence-electron chi connectivity index (χ4n) is 1.66. The molecule has 0 saturated carbocycles. The highest BCUT2D eigenvalue weighted by atomic mass is 32.1. The monoisotopic (exact) mass is 263 g/mol. The number of thiophene rings is 1. The van der Waals surface area contributed by atoms with Crippen molar-refractivity contribution in [1.29, 1.82) is 0 Å². The summed E-state index contributed by atoms with van der Waals surface area (Å²) in [5.41, 5.74) is 0. The van der Waals surface area contributed by atoms with Crippen molar-refractivity contribution in [3.63, 3.8) is 0 Å². The molecular weight excluding hydrogens is 246 g/mol. The van der Waals surface area contributed by atoms with Gasteiger partial charge in [-0.3, -0.25) is 4.79 Å². The summed E-state index contributed by atoms with van der Waals surface area (Å²) >= 11 is 1.50. The number of aryl methyl sites for hydroxylation is 1. The second kappa shape index (κ2) is 5.35. The second-order valence-electron chi connectivity index (χ2n) is 4.66. The Labute approximate surface area is 111 Å². The maximum atomic E-state index is 12.0. The fraction of sp³-hybridized carbons (Fsp3) is 0.385. The van der Waals surface area contributed by atoms with Crippen LogP contribution in [0.3, 0.4) is 0 Å². The van der Waals surface area contributed by atoms with Gasteiger partial charge in [-0.2, -0.15) is 5.10 Å². The van der Waals surface area contributed by atoms with Gasteiger partial charge in [-0.1, -0.05) is 13.8 Å². The third-order valence-corrected chi connectivity index (χ3v) is 3.46. The minimum absolute atomic E-state index is 0.0707. The lowest BCUT2D eigenvalue weighted by Crippen LogP contribution is -2.16. The van der Waals surface area contributed by atoms with E-state index in [2.05, 4.69) is 24.3 Å². The van der Waals surface area contributed by atoms with Gasteiger partial charge >= 0.3 is 0 Å². The van der Waals surface area contributed by atoms with Crippen LogP contribution in [-0.4, -0.2) is 15.7 Å². The first-order chi connectivity index (χ1) is 8.56. The zero-order valence-electron chi connectivity index (χ0n) is 10.8. The van der Waals surface area contributed by atoms with Crippen molar-refractivity contribution in [1.82, 2.24) is 9.78 Å². The van der Waals surface area contributed by atoms with E-state index in [1.165, 1.54) is 11.3 Å². The van der Waals surface area contributed by atoms with Gasteiger partial charge in [0.25, 0.3) is 5.91 Å². The lowest BCUT2D eigenvalue weighted by atomic mass is 10.2. The highest BCUT2D eigenvalue weighted by Crippen LogP contribution is 2.17. The molecule has 2 rings (SSSR count). The highest BCUT2D eigenvalue weighted by Gasteiger charge is 2.11. The van der Waals surface area contributed by atoms with Gasteiger partial charge in [0.05, 0.1) is 11.1 Å². The van der Waals surface area contributed by atoms with Crippen molar-refractivity contribution >= 4 is 23.1 Å².